The van der Waals surface area contributed by atoms with Crippen LogP contribution in [0.1, 0.15) is 271 Å². The Morgan fingerprint density at radius 2 is 0.803 bits per heavy atom. The van der Waals surface area contributed by atoms with Crippen LogP contribution < -0.4 is 5.73 Å². The van der Waals surface area contributed by atoms with Crippen molar-refractivity contribution in [3.05, 3.63) is 12.2 Å². The van der Waals surface area contributed by atoms with Crippen molar-refractivity contribution in [3.8, 4) is 0 Å². The molecule has 362 valence electrons. The maximum atomic E-state index is 12.6. The molecule has 0 bridgehead atoms. The summed E-state index contributed by atoms with van der Waals surface area (Å²) in [4.78, 5) is 35.0. The smallest absolute Gasteiger partial charge is 0.462 e. The summed E-state index contributed by atoms with van der Waals surface area (Å²) in [6.45, 7) is 3.77. The SMILES string of the molecule is CCCCCCCC/C=C\CCCCCCCC(=O)OC(COC(=O)CCCCCCCCCCCCCCCCCCCCCCCCCCC)COP(=O)(O)OCCN. The molecule has 0 amide bonds. The molecule has 0 spiro atoms. The summed E-state index contributed by atoms with van der Waals surface area (Å²) in [7, 11) is -4.38. The number of ether oxygens (including phenoxy) is 2. The molecule has 0 aromatic heterocycles. The van der Waals surface area contributed by atoms with E-state index in [4.69, 9.17) is 24.3 Å². The number of rotatable bonds is 50. The van der Waals surface area contributed by atoms with Crippen molar-refractivity contribution in [1.82, 2.24) is 0 Å². The predicted molar refractivity (Wildman–Crippen MR) is 257 cm³/mol. The largest absolute Gasteiger partial charge is 0.472 e. The maximum absolute atomic E-state index is 12.6. The number of hydrogen-bond acceptors (Lipinski definition) is 8. The third kappa shape index (κ3) is 48.1. The van der Waals surface area contributed by atoms with E-state index in [2.05, 4.69) is 26.0 Å². The number of phosphoric ester groups is 1. The van der Waals surface area contributed by atoms with Gasteiger partial charge in [0.05, 0.1) is 13.2 Å². The molecule has 0 rings (SSSR count). The molecular formula is C51H100NO8P. The quantitative estimate of drug-likeness (QED) is 0.0265. The highest BCUT2D eigenvalue weighted by molar-refractivity contribution is 7.47. The second-order valence-corrected chi connectivity index (χ2v) is 19.2. The molecule has 0 saturated carbocycles. The van der Waals surface area contributed by atoms with Crippen LogP contribution in [0.3, 0.4) is 0 Å². The van der Waals surface area contributed by atoms with Crippen molar-refractivity contribution in [2.45, 2.75) is 277 Å². The molecule has 0 saturated heterocycles. The topological polar surface area (TPSA) is 134 Å². The first-order valence-corrected chi connectivity index (χ1v) is 27.7. The Hall–Kier alpha value is -1.25. The maximum Gasteiger partial charge on any atom is 0.472 e. The van der Waals surface area contributed by atoms with Gasteiger partial charge in [0, 0.05) is 19.4 Å². The Labute approximate surface area is 377 Å². The highest BCUT2D eigenvalue weighted by Gasteiger charge is 2.26. The number of esters is 2. The molecule has 0 aromatic rings. The van der Waals surface area contributed by atoms with E-state index in [1.165, 1.54) is 186 Å². The lowest BCUT2D eigenvalue weighted by molar-refractivity contribution is -0.161. The Morgan fingerprint density at radius 1 is 0.475 bits per heavy atom. The Bertz CT molecular complexity index is 1010. The number of carbonyl (C=O) groups is 2. The molecule has 0 aliphatic carbocycles. The molecule has 3 N–H and O–H groups in total. The summed E-state index contributed by atoms with van der Waals surface area (Å²) in [5.41, 5.74) is 5.36. The van der Waals surface area contributed by atoms with Crippen molar-refractivity contribution in [1.29, 1.82) is 0 Å². The van der Waals surface area contributed by atoms with E-state index in [0.717, 1.165) is 51.4 Å². The van der Waals surface area contributed by atoms with Crippen molar-refractivity contribution in [2.75, 3.05) is 26.4 Å². The van der Waals surface area contributed by atoms with Crippen LogP contribution in [0.25, 0.3) is 0 Å². The Balaban J connectivity index is 3.94. The first-order valence-electron chi connectivity index (χ1n) is 26.2. The number of carbonyl (C=O) groups excluding carboxylic acids is 2. The van der Waals surface area contributed by atoms with Gasteiger partial charge >= 0.3 is 19.8 Å². The van der Waals surface area contributed by atoms with E-state index in [1.54, 1.807) is 0 Å². The van der Waals surface area contributed by atoms with Crippen LogP contribution in [0.4, 0.5) is 0 Å². The van der Waals surface area contributed by atoms with Crippen LogP contribution in [0.5, 0.6) is 0 Å². The molecular weight excluding hydrogens is 786 g/mol. The molecule has 61 heavy (non-hydrogen) atoms. The van der Waals surface area contributed by atoms with Crippen LogP contribution in [-0.4, -0.2) is 49.3 Å². The number of hydrogen-bond donors (Lipinski definition) is 2. The molecule has 2 unspecified atom stereocenters. The molecule has 0 heterocycles. The molecule has 0 aliphatic rings. The molecule has 9 nitrogen and oxygen atoms in total. The van der Waals surface area contributed by atoms with E-state index >= 15 is 0 Å². The van der Waals surface area contributed by atoms with Crippen LogP contribution in [0.2, 0.25) is 0 Å². The van der Waals surface area contributed by atoms with Gasteiger partial charge in [0.25, 0.3) is 0 Å². The van der Waals surface area contributed by atoms with Crippen molar-refractivity contribution < 1.29 is 37.6 Å². The fourth-order valence-corrected chi connectivity index (χ4v) is 8.52. The summed E-state index contributed by atoms with van der Waals surface area (Å²) in [6, 6.07) is 0. The summed E-state index contributed by atoms with van der Waals surface area (Å²) < 4.78 is 32.9. The monoisotopic (exact) mass is 886 g/mol. The van der Waals surface area contributed by atoms with E-state index < -0.39 is 26.5 Å². The van der Waals surface area contributed by atoms with Gasteiger partial charge in [0.2, 0.25) is 0 Å². The molecule has 0 radical (unpaired) electrons. The predicted octanol–water partition coefficient (Wildman–Crippen LogP) is 15.7. The number of nitrogens with two attached hydrogens (primary N) is 1. The lowest BCUT2D eigenvalue weighted by atomic mass is 10.0. The van der Waals surface area contributed by atoms with Crippen molar-refractivity contribution >= 4 is 19.8 Å². The minimum atomic E-state index is -4.38. The first kappa shape index (κ1) is 59.8. The highest BCUT2D eigenvalue weighted by Crippen LogP contribution is 2.43. The zero-order valence-electron chi connectivity index (χ0n) is 40.2. The van der Waals surface area contributed by atoms with E-state index in [-0.39, 0.29) is 38.6 Å². The van der Waals surface area contributed by atoms with Crippen LogP contribution in [-0.2, 0) is 32.7 Å². The molecule has 0 aromatic carbocycles. The number of allylic oxidation sites excluding steroid dienone is 2. The van der Waals surface area contributed by atoms with Gasteiger partial charge in [-0.05, 0) is 38.5 Å². The number of phosphoric acid groups is 1. The van der Waals surface area contributed by atoms with Gasteiger partial charge in [-0.3, -0.25) is 18.6 Å². The zero-order chi connectivity index (χ0) is 44.6. The van der Waals surface area contributed by atoms with E-state index in [9.17, 15) is 19.0 Å². The lowest BCUT2D eigenvalue weighted by Crippen LogP contribution is -2.29. The average molecular weight is 886 g/mol. The van der Waals surface area contributed by atoms with Gasteiger partial charge in [-0.25, -0.2) is 4.57 Å². The van der Waals surface area contributed by atoms with Gasteiger partial charge in [-0.15, -0.1) is 0 Å². The molecule has 0 fully saturated rings. The summed E-state index contributed by atoms with van der Waals surface area (Å²) in [5.74, 6) is -0.822. The second kappa shape index (κ2) is 48.2. The van der Waals surface area contributed by atoms with Gasteiger partial charge in [0.15, 0.2) is 6.10 Å². The fraction of sp³-hybridized carbons (Fsp3) is 0.922. The van der Waals surface area contributed by atoms with E-state index in [1.807, 2.05) is 0 Å². The van der Waals surface area contributed by atoms with E-state index in [0.29, 0.717) is 6.42 Å². The van der Waals surface area contributed by atoms with Crippen LogP contribution in [0.15, 0.2) is 12.2 Å². The Kier molecular flexibility index (Phi) is 47.2. The van der Waals surface area contributed by atoms with Gasteiger partial charge in [0.1, 0.15) is 6.61 Å². The number of unbranched alkanes of at least 4 members (excludes halogenated alkanes) is 35. The zero-order valence-corrected chi connectivity index (χ0v) is 41.1. The molecule has 2 atom stereocenters. The van der Waals surface area contributed by atoms with Crippen LogP contribution >= 0.6 is 7.82 Å². The van der Waals surface area contributed by atoms with Crippen molar-refractivity contribution in [3.63, 3.8) is 0 Å². The molecule has 0 aliphatic heterocycles. The van der Waals surface area contributed by atoms with Crippen LogP contribution in [0, 0.1) is 0 Å². The third-order valence-electron chi connectivity index (χ3n) is 11.7. The molecule has 10 heteroatoms. The summed E-state index contributed by atoms with van der Waals surface area (Å²) >= 11 is 0. The average Bonchev–Trinajstić information content (AvgIpc) is 3.25. The minimum absolute atomic E-state index is 0.0551. The standard InChI is InChI=1S/C51H100NO8P/c1-3-5-7-9-11-13-15-17-19-20-21-22-23-24-25-26-27-28-30-31-33-35-37-39-41-43-50(53)57-47-49(48-59-61(55,56)58-46-45-52)60-51(54)44-42-40-38-36-34-32-29-18-16-14-12-10-8-6-4-2/h18,29,49H,3-17,19-28,30-48,52H2,1-2H3,(H,55,56)/b29-18-. The van der Waals surface area contributed by atoms with Gasteiger partial charge < -0.3 is 20.1 Å². The van der Waals surface area contributed by atoms with Crippen molar-refractivity contribution in [2.24, 2.45) is 5.73 Å². The lowest BCUT2D eigenvalue weighted by Gasteiger charge is -2.19. The van der Waals surface area contributed by atoms with Gasteiger partial charge in [-0.1, -0.05) is 231 Å². The first-order chi connectivity index (χ1) is 29.8. The highest BCUT2D eigenvalue weighted by atomic mass is 31.2. The normalized spacial score (nSPS) is 13.2. The second-order valence-electron chi connectivity index (χ2n) is 17.8. The fourth-order valence-electron chi connectivity index (χ4n) is 7.75. The third-order valence-corrected chi connectivity index (χ3v) is 12.6. The summed E-state index contributed by atoms with van der Waals surface area (Å²) in [6.07, 6.45) is 52.6. The van der Waals surface area contributed by atoms with Gasteiger partial charge in [-0.2, -0.15) is 0 Å². The Morgan fingerprint density at radius 3 is 1.16 bits per heavy atom. The summed E-state index contributed by atoms with van der Waals surface area (Å²) in [5, 5.41) is 0. The minimum Gasteiger partial charge on any atom is -0.462 e.